The van der Waals surface area contributed by atoms with Crippen LogP contribution in [0.3, 0.4) is 0 Å². The van der Waals surface area contributed by atoms with E-state index in [1.165, 1.54) is 12.1 Å². The Morgan fingerprint density at radius 3 is 2.41 bits per heavy atom. The van der Waals surface area contributed by atoms with Crippen LogP contribution in [-0.2, 0) is 10.0 Å². The zero-order valence-corrected chi connectivity index (χ0v) is 14.9. The van der Waals surface area contributed by atoms with E-state index < -0.39 is 10.0 Å². The van der Waals surface area contributed by atoms with E-state index in [2.05, 4.69) is 25.6 Å². The largest absolute Gasteiger partial charge is 0.289 e. The van der Waals surface area contributed by atoms with Crippen LogP contribution >= 0.6 is 27.5 Å². The molecule has 2 aromatic rings. The molecule has 0 bridgehead atoms. The lowest BCUT2D eigenvalue weighted by Crippen LogP contribution is -2.11. The standard InChI is InChI=1S/C14H12BrClN2O3S/c1-8-3-9(6-13(16)17-8)14(19)10-4-11(15)7-12(5-10)18-22(2,20)21/h3-7,18H,1-2H3. The van der Waals surface area contributed by atoms with E-state index in [-0.39, 0.29) is 10.9 Å². The highest BCUT2D eigenvalue weighted by Crippen LogP contribution is 2.23. The Morgan fingerprint density at radius 1 is 1.18 bits per heavy atom. The molecule has 0 aliphatic heterocycles. The van der Waals surface area contributed by atoms with Gasteiger partial charge in [-0.2, -0.15) is 0 Å². The van der Waals surface area contributed by atoms with Crippen molar-refractivity contribution in [2.75, 3.05) is 11.0 Å². The van der Waals surface area contributed by atoms with Crippen LogP contribution in [0.2, 0.25) is 5.15 Å². The number of hydrogen-bond donors (Lipinski definition) is 1. The first kappa shape index (κ1) is 16.9. The van der Waals surface area contributed by atoms with Gasteiger partial charge in [-0.05, 0) is 37.3 Å². The summed E-state index contributed by atoms with van der Waals surface area (Å²) in [5.41, 5.74) is 1.65. The van der Waals surface area contributed by atoms with Gasteiger partial charge in [0.25, 0.3) is 0 Å². The molecule has 1 N–H and O–H groups in total. The van der Waals surface area contributed by atoms with E-state index in [9.17, 15) is 13.2 Å². The van der Waals surface area contributed by atoms with Crippen LogP contribution < -0.4 is 4.72 Å². The molecule has 1 heterocycles. The average Bonchev–Trinajstić information content (AvgIpc) is 2.33. The number of ketones is 1. The van der Waals surface area contributed by atoms with Crippen molar-refractivity contribution >= 4 is 49.0 Å². The van der Waals surface area contributed by atoms with Gasteiger partial charge in [0.15, 0.2) is 5.78 Å². The highest BCUT2D eigenvalue weighted by molar-refractivity contribution is 9.10. The van der Waals surface area contributed by atoms with Crippen molar-refractivity contribution in [1.29, 1.82) is 0 Å². The molecular formula is C14H12BrClN2O3S. The molecule has 0 aliphatic rings. The second kappa shape index (κ2) is 6.36. The van der Waals surface area contributed by atoms with E-state index in [0.717, 1.165) is 6.26 Å². The van der Waals surface area contributed by atoms with Crippen LogP contribution in [0.1, 0.15) is 21.6 Å². The predicted molar refractivity (Wildman–Crippen MR) is 90.0 cm³/mol. The topological polar surface area (TPSA) is 76.1 Å². The number of carbonyl (C=O) groups is 1. The Balaban J connectivity index is 2.45. The molecule has 0 radical (unpaired) electrons. The number of rotatable bonds is 4. The number of sulfonamides is 1. The third-order valence-electron chi connectivity index (χ3n) is 2.65. The summed E-state index contributed by atoms with van der Waals surface area (Å²) in [5.74, 6) is -0.273. The molecule has 5 nitrogen and oxygen atoms in total. The Morgan fingerprint density at radius 2 is 1.82 bits per heavy atom. The Kier molecular flexibility index (Phi) is 4.89. The second-order valence-corrected chi connectivity index (χ2v) is 7.80. The number of anilines is 1. The summed E-state index contributed by atoms with van der Waals surface area (Å²) in [5, 5.41) is 0.229. The molecule has 116 valence electrons. The van der Waals surface area contributed by atoms with Crippen LogP contribution in [0.25, 0.3) is 0 Å². The zero-order chi connectivity index (χ0) is 16.5. The lowest BCUT2D eigenvalue weighted by atomic mass is 10.0. The minimum absolute atomic E-state index is 0.229. The Hall–Kier alpha value is -1.44. The van der Waals surface area contributed by atoms with Crippen molar-refractivity contribution in [2.45, 2.75) is 6.92 Å². The maximum atomic E-state index is 12.5. The van der Waals surface area contributed by atoms with Crippen molar-refractivity contribution in [2.24, 2.45) is 0 Å². The molecule has 0 atom stereocenters. The van der Waals surface area contributed by atoms with Crippen molar-refractivity contribution in [3.8, 4) is 0 Å². The molecule has 1 aromatic carbocycles. The fourth-order valence-corrected chi connectivity index (χ4v) is 3.21. The van der Waals surface area contributed by atoms with E-state index >= 15 is 0 Å². The van der Waals surface area contributed by atoms with Gasteiger partial charge in [0, 0.05) is 21.3 Å². The first-order valence-corrected chi connectivity index (χ1v) is 9.17. The van der Waals surface area contributed by atoms with E-state index in [0.29, 0.717) is 27.0 Å². The maximum absolute atomic E-state index is 12.5. The number of carbonyl (C=O) groups excluding carboxylic acids is 1. The van der Waals surface area contributed by atoms with Crippen LogP contribution in [0.15, 0.2) is 34.8 Å². The fraction of sp³-hybridized carbons (Fsp3) is 0.143. The maximum Gasteiger partial charge on any atom is 0.229 e. The number of hydrogen-bond acceptors (Lipinski definition) is 4. The normalized spacial score (nSPS) is 11.3. The van der Waals surface area contributed by atoms with Gasteiger partial charge in [0.05, 0.1) is 11.9 Å². The van der Waals surface area contributed by atoms with Crippen molar-refractivity contribution in [3.05, 3.63) is 56.8 Å². The lowest BCUT2D eigenvalue weighted by molar-refractivity contribution is 0.103. The summed E-state index contributed by atoms with van der Waals surface area (Å²) in [6.07, 6.45) is 1.04. The molecule has 0 saturated heterocycles. The quantitative estimate of drug-likeness (QED) is 0.627. The highest BCUT2D eigenvalue weighted by Gasteiger charge is 2.14. The molecule has 0 fully saturated rings. The van der Waals surface area contributed by atoms with Gasteiger partial charge in [0.2, 0.25) is 10.0 Å². The fourth-order valence-electron chi connectivity index (χ4n) is 1.92. The van der Waals surface area contributed by atoms with Gasteiger partial charge in [-0.25, -0.2) is 13.4 Å². The molecule has 0 amide bonds. The van der Waals surface area contributed by atoms with Crippen LogP contribution in [0, 0.1) is 6.92 Å². The number of nitrogens with one attached hydrogen (secondary N) is 1. The average molecular weight is 404 g/mol. The number of aryl methyl sites for hydroxylation is 1. The van der Waals surface area contributed by atoms with Gasteiger partial charge in [-0.3, -0.25) is 9.52 Å². The summed E-state index contributed by atoms with van der Waals surface area (Å²) in [6, 6.07) is 7.75. The van der Waals surface area contributed by atoms with Gasteiger partial charge < -0.3 is 0 Å². The number of benzene rings is 1. The highest BCUT2D eigenvalue weighted by atomic mass is 79.9. The SMILES string of the molecule is Cc1cc(C(=O)c2cc(Br)cc(NS(C)(=O)=O)c2)cc(Cl)n1. The van der Waals surface area contributed by atoms with Gasteiger partial charge in [-0.15, -0.1) is 0 Å². The Labute approximate surface area is 141 Å². The first-order chi connectivity index (χ1) is 10.1. The smallest absolute Gasteiger partial charge is 0.229 e. The first-order valence-electron chi connectivity index (χ1n) is 6.11. The molecule has 0 unspecified atom stereocenters. The van der Waals surface area contributed by atoms with Gasteiger partial charge in [0.1, 0.15) is 5.15 Å². The second-order valence-electron chi connectivity index (χ2n) is 4.75. The van der Waals surface area contributed by atoms with Gasteiger partial charge in [-0.1, -0.05) is 27.5 Å². The monoisotopic (exact) mass is 402 g/mol. The molecule has 0 spiro atoms. The zero-order valence-electron chi connectivity index (χ0n) is 11.7. The van der Waals surface area contributed by atoms with Crippen molar-refractivity contribution in [1.82, 2.24) is 4.98 Å². The number of nitrogens with zero attached hydrogens (tertiary/aromatic N) is 1. The molecule has 0 saturated carbocycles. The third kappa shape index (κ3) is 4.53. The Bertz CT molecular complexity index is 833. The minimum Gasteiger partial charge on any atom is -0.289 e. The number of halogens is 2. The summed E-state index contributed by atoms with van der Waals surface area (Å²) < 4.78 is 25.6. The third-order valence-corrected chi connectivity index (χ3v) is 3.91. The summed E-state index contributed by atoms with van der Waals surface area (Å²) in [7, 11) is -3.43. The van der Waals surface area contributed by atoms with Crippen molar-refractivity contribution in [3.63, 3.8) is 0 Å². The molecule has 8 heteroatoms. The summed E-state index contributed by atoms with van der Waals surface area (Å²) in [4.78, 5) is 16.5. The van der Waals surface area contributed by atoms with Crippen LogP contribution in [0.4, 0.5) is 5.69 Å². The van der Waals surface area contributed by atoms with E-state index in [1.807, 2.05) is 0 Å². The lowest BCUT2D eigenvalue weighted by Gasteiger charge is -2.08. The summed E-state index contributed by atoms with van der Waals surface area (Å²) >= 11 is 9.13. The molecule has 2 rings (SSSR count). The van der Waals surface area contributed by atoms with Crippen LogP contribution in [-0.4, -0.2) is 25.4 Å². The van der Waals surface area contributed by atoms with E-state index in [4.69, 9.17) is 11.6 Å². The molecule has 22 heavy (non-hydrogen) atoms. The summed E-state index contributed by atoms with van der Waals surface area (Å²) in [6.45, 7) is 1.74. The minimum atomic E-state index is -3.43. The predicted octanol–water partition coefficient (Wildman–Crippen LogP) is 3.41. The van der Waals surface area contributed by atoms with Crippen molar-refractivity contribution < 1.29 is 13.2 Å². The van der Waals surface area contributed by atoms with E-state index in [1.54, 1.807) is 25.1 Å². The number of aromatic nitrogens is 1. The molecule has 0 aliphatic carbocycles. The molecular weight excluding hydrogens is 392 g/mol. The molecule has 1 aromatic heterocycles. The van der Waals surface area contributed by atoms with Crippen LogP contribution in [0.5, 0.6) is 0 Å². The number of pyridine rings is 1. The van der Waals surface area contributed by atoms with Gasteiger partial charge >= 0.3 is 0 Å².